The highest BCUT2D eigenvalue weighted by Crippen LogP contribution is 2.67. The van der Waals surface area contributed by atoms with Gasteiger partial charge in [0.05, 0.1) is 18.3 Å². The van der Waals surface area contributed by atoms with Gasteiger partial charge in [0, 0.05) is 12.5 Å². The summed E-state index contributed by atoms with van der Waals surface area (Å²) >= 11 is 0. The molecule has 4 aliphatic rings. The Morgan fingerprint density at radius 3 is 2.45 bits per heavy atom. The average molecular weight is 435 g/mol. The Bertz CT molecular complexity index is 676. The van der Waals surface area contributed by atoms with Gasteiger partial charge in [-0.2, -0.15) is 0 Å². The Balaban J connectivity index is 1.50. The van der Waals surface area contributed by atoms with Crippen molar-refractivity contribution < 1.29 is 20.4 Å². The van der Waals surface area contributed by atoms with Gasteiger partial charge in [0.25, 0.3) is 0 Å². The van der Waals surface area contributed by atoms with Crippen LogP contribution in [0.2, 0.25) is 0 Å². The number of aliphatic hydroxyl groups is 4. The Hall–Kier alpha value is -0.420. The lowest BCUT2D eigenvalue weighted by molar-refractivity contribution is -0.0974. The molecule has 4 nitrogen and oxygen atoms in total. The molecule has 0 heterocycles. The minimum absolute atomic E-state index is 0.0467. The molecule has 4 heteroatoms. The van der Waals surface area contributed by atoms with Crippen LogP contribution in [0, 0.1) is 46.3 Å². The van der Waals surface area contributed by atoms with Gasteiger partial charge in [-0.1, -0.05) is 39.3 Å². The molecule has 3 saturated carbocycles. The van der Waals surface area contributed by atoms with Crippen molar-refractivity contribution in [3.63, 3.8) is 0 Å². The normalized spacial score (nSPS) is 47.5. The highest BCUT2D eigenvalue weighted by Gasteiger charge is 2.61. The average Bonchev–Trinajstić information content (AvgIpc) is 3.09. The Morgan fingerprint density at radius 1 is 1.00 bits per heavy atom. The smallest absolute Gasteiger partial charge is 0.0757 e. The van der Waals surface area contributed by atoms with Crippen LogP contribution < -0.4 is 0 Å². The molecular weight excluding hydrogens is 388 g/mol. The van der Waals surface area contributed by atoms with Crippen molar-refractivity contribution in [1.29, 1.82) is 0 Å². The number of hydrogen-bond acceptors (Lipinski definition) is 4. The number of fused-ring (bicyclic) bond motifs is 5. The van der Waals surface area contributed by atoms with Gasteiger partial charge >= 0.3 is 0 Å². The van der Waals surface area contributed by atoms with Crippen LogP contribution in [-0.2, 0) is 0 Å². The summed E-state index contributed by atoms with van der Waals surface area (Å²) in [5.41, 5.74) is 1.74. The molecule has 1 unspecified atom stereocenters. The first-order valence-electron chi connectivity index (χ1n) is 13.0. The molecular formula is C27H46O4. The van der Waals surface area contributed by atoms with Gasteiger partial charge in [-0.05, 0) is 98.2 Å². The number of hydrogen-bond donors (Lipinski definition) is 4. The summed E-state index contributed by atoms with van der Waals surface area (Å²) in [5, 5.41) is 41.2. The maximum absolute atomic E-state index is 11.3. The highest BCUT2D eigenvalue weighted by atomic mass is 16.3. The van der Waals surface area contributed by atoms with Gasteiger partial charge in [-0.15, -0.1) is 0 Å². The maximum atomic E-state index is 11.3. The minimum atomic E-state index is -0.418. The zero-order chi connectivity index (χ0) is 22.6. The van der Waals surface area contributed by atoms with E-state index in [1.807, 2.05) is 6.92 Å². The van der Waals surface area contributed by atoms with E-state index in [9.17, 15) is 20.4 Å². The third-order valence-electron chi connectivity index (χ3n) is 10.7. The lowest BCUT2D eigenvalue weighted by Crippen LogP contribution is -2.55. The fourth-order valence-electron chi connectivity index (χ4n) is 8.65. The number of aliphatic hydroxyl groups excluding tert-OH is 4. The molecule has 0 bridgehead atoms. The second-order valence-corrected chi connectivity index (χ2v) is 12.3. The molecule has 178 valence electrons. The predicted octanol–water partition coefficient (Wildman–Crippen LogP) is 4.30. The first-order valence-corrected chi connectivity index (χ1v) is 13.0. The molecule has 11 atom stereocenters. The molecule has 4 rings (SSSR count). The van der Waals surface area contributed by atoms with Crippen LogP contribution in [0.3, 0.4) is 0 Å². The third kappa shape index (κ3) is 3.94. The van der Waals surface area contributed by atoms with Crippen molar-refractivity contribution in [2.75, 3.05) is 6.61 Å². The van der Waals surface area contributed by atoms with Gasteiger partial charge in [0.15, 0.2) is 0 Å². The minimum Gasteiger partial charge on any atom is -0.396 e. The van der Waals surface area contributed by atoms with Crippen molar-refractivity contribution in [2.24, 2.45) is 46.3 Å². The topological polar surface area (TPSA) is 80.9 Å². The van der Waals surface area contributed by atoms with Gasteiger partial charge in [-0.25, -0.2) is 0 Å². The van der Waals surface area contributed by atoms with Crippen LogP contribution in [-0.4, -0.2) is 45.3 Å². The standard InChI is InChI=1S/C27H46O4/c1-16(5-8-23(30)17(2)15-28)20-6-7-21-25-22(10-12-27(20,21)4)26(3)11-9-19(29)13-18(26)14-24(25)31/h14,16-17,19-25,28-31H,5-13,15H2,1-4H3/t16-,17+,19+,20-,21+,22+,23?,24-,25+,26+,27-/m1/s1. The SMILES string of the molecule is C[C@H](CCC(O)[C@@H](C)CO)[C@H]1CC[C@H]2[C@@H]3[C@H](O)C=C4C[C@@H](O)CC[C@]4(C)[C@H]3CC[C@]12C. The Kier molecular flexibility index (Phi) is 6.69. The van der Waals surface area contributed by atoms with E-state index in [2.05, 4.69) is 26.8 Å². The van der Waals surface area contributed by atoms with E-state index >= 15 is 0 Å². The summed E-state index contributed by atoms with van der Waals surface area (Å²) in [6, 6.07) is 0. The summed E-state index contributed by atoms with van der Waals surface area (Å²) in [5.74, 6) is 2.60. The molecule has 0 radical (unpaired) electrons. The van der Waals surface area contributed by atoms with E-state index in [0.29, 0.717) is 29.6 Å². The molecule has 4 N–H and O–H groups in total. The predicted molar refractivity (Wildman–Crippen MR) is 123 cm³/mol. The first-order chi connectivity index (χ1) is 14.6. The van der Waals surface area contributed by atoms with Crippen LogP contribution in [0.25, 0.3) is 0 Å². The summed E-state index contributed by atoms with van der Waals surface area (Å²) < 4.78 is 0. The molecule has 0 aliphatic heterocycles. The molecule has 0 aromatic carbocycles. The molecule has 4 aliphatic carbocycles. The largest absolute Gasteiger partial charge is 0.396 e. The molecule has 31 heavy (non-hydrogen) atoms. The van der Waals surface area contributed by atoms with Gasteiger partial charge in [0.2, 0.25) is 0 Å². The summed E-state index contributed by atoms with van der Waals surface area (Å²) in [6.07, 6.45) is 10.4. The van der Waals surface area contributed by atoms with Crippen molar-refractivity contribution in [3.05, 3.63) is 11.6 Å². The lowest BCUT2D eigenvalue weighted by atomic mass is 9.46. The van der Waals surface area contributed by atoms with Crippen molar-refractivity contribution >= 4 is 0 Å². The molecule has 0 amide bonds. The monoisotopic (exact) mass is 434 g/mol. The van der Waals surface area contributed by atoms with E-state index in [4.69, 9.17) is 0 Å². The quantitative estimate of drug-likeness (QED) is 0.470. The van der Waals surface area contributed by atoms with Crippen LogP contribution in [0.15, 0.2) is 11.6 Å². The molecule has 3 fully saturated rings. The van der Waals surface area contributed by atoms with Crippen molar-refractivity contribution in [3.8, 4) is 0 Å². The van der Waals surface area contributed by atoms with Crippen LogP contribution in [0.4, 0.5) is 0 Å². The zero-order valence-electron chi connectivity index (χ0n) is 20.1. The van der Waals surface area contributed by atoms with Gasteiger partial charge in [-0.3, -0.25) is 0 Å². The third-order valence-corrected chi connectivity index (χ3v) is 10.7. The van der Waals surface area contributed by atoms with E-state index in [1.54, 1.807) is 0 Å². The Labute approximate surface area is 189 Å². The van der Waals surface area contributed by atoms with E-state index in [-0.39, 0.29) is 35.6 Å². The van der Waals surface area contributed by atoms with Crippen molar-refractivity contribution in [2.45, 2.75) is 104 Å². The molecule has 0 aromatic heterocycles. The maximum Gasteiger partial charge on any atom is 0.0757 e. The van der Waals surface area contributed by atoms with Crippen LogP contribution >= 0.6 is 0 Å². The summed E-state index contributed by atoms with van der Waals surface area (Å²) in [4.78, 5) is 0. The summed E-state index contributed by atoms with van der Waals surface area (Å²) in [6.45, 7) is 9.23. The lowest BCUT2D eigenvalue weighted by Gasteiger charge is -2.59. The second kappa shape index (κ2) is 8.74. The Morgan fingerprint density at radius 2 is 1.74 bits per heavy atom. The fourth-order valence-corrected chi connectivity index (χ4v) is 8.65. The second-order valence-electron chi connectivity index (χ2n) is 12.3. The molecule has 0 aromatic rings. The van der Waals surface area contributed by atoms with Gasteiger partial charge < -0.3 is 20.4 Å². The zero-order valence-corrected chi connectivity index (χ0v) is 20.1. The highest BCUT2D eigenvalue weighted by molar-refractivity contribution is 5.27. The van der Waals surface area contributed by atoms with E-state index in [0.717, 1.165) is 32.1 Å². The number of rotatable bonds is 6. The van der Waals surface area contributed by atoms with E-state index < -0.39 is 6.10 Å². The van der Waals surface area contributed by atoms with Crippen LogP contribution in [0.1, 0.15) is 85.5 Å². The van der Waals surface area contributed by atoms with Crippen molar-refractivity contribution in [1.82, 2.24) is 0 Å². The molecule has 0 spiro atoms. The van der Waals surface area contributed by atoms with Crippen LogP contribution in [0.5, 0.6) is 0 Å². The summed E-state index contributed by atoms with van der Waals surface area (Å²) in [7, 11) is 0. The molecule has 0 saturated heterocycles. The first kappa shape index (κ1) is 23.7. The van der Waals surface area contributed by atoms with E-state index in [1.165, 1.54) is 31.3 Å². The fraction of sp³-hybridized carbons (Fsp3) is 0.926. The van der Waals surface area contributed by atoms with Gasteiger partial charge in [0.1, 0.15) is 0 Å².